The van der Waals surface area contributed by atoms with E-state index in [-0.39, 0.29) is 24.1 Å². The predicted octanol–water partition coefficient (Wildman–Crippen LogP) is 4.50. The first kappa shape index (κ1) is 21.1. The number of carbonyl (C=O) groups excluding carboxylic acids is 1. The molecular formula is C25H27N5O3. The summed E-state index contributed by atoms with van der Waals surface area (Å²) >= 11 is 0. The van der Waals surface area contributed by atoms with Crippen LogP contribution in [0.3, 0.4) is 0 Å². The van der Waals surface area contributed by atoms with Crippen molar-refractivity contribution in [3.05, 3.63) is 59.6 Å². The van der Waals surface area contributed by atoms with Crippen LogP contribution in [-0.2, 0) is 4.74 Å². The fraction of sp³-hybridized carbons (Fsp3) is 0.320. The number of H-pyrrole nitrogens is 1. The molecule has 2 aliphatic rings. The van der Waals surface area contributed by atoms with Gasteiger partial charge >= 0.3 is 5.97 Å². The molecule has 1 saturated heterocycles. The van der Waals surface area contributed by atoms with Gasteiger partial charge in [-0.15, -0.1) is 0 Å². The molecular weight excluding hydrogens is 418 g/mol. The molecule has 3 N–H and O–H groups in total. The highest BCUT2D eigenvalue weighted by Gasteiger charge is 2.31. The summed E-state index contributed by atoms with van der Waals surface area (Å²) in [5, 5.41) is 19.4. The summed E-state index contributed by atoms with van der Waals surface area (Å²) in [4.78, 5) is 23.9. The minimum atomic E-state index is -0.381. The van der Waals surface area contributed by atoms with Crippen LogP contribution in [0.25, 0.3) is 16.6 Å². The van der Waals surface area contributed by atoms with Gasteiger partial charge in [0.05, 0.1) is 35.3 Å². The summed E-state index contributed by atoms with van der Waals surface area (Å²) in [5.41, 5.74) is 4.40. The van der Waals surface area contributed by atoms with Crippen LogP contribution >= 0.6 is 0 Å². The molecule has 0 unspecified atom stereocenters. The van der Waals surface area contributed by atoms with Crippen LogP contribution < -0.4 is 9.80 Å². The van der Waals surface area contributed by atoms with E-state index in [1.54, 1.807) is 36.1 Å². The second-order valence-electron chi connectivity index (χ2n) is 8.36. The zero-order chi connectivity index (χ0) is 22.9. The van der Waals surface area contributed by atoms with Crippen LogP contribution in [0.15, 0.2) is 48.2 Å². The van der Waals surface area contributed by atoms with Gasteiger partial charge in [-0.2, -0.15) is 0 Å². The lowest BCUT2D eigenvalue weighted by molar-refractivity contribution is 0.0526. The first-order valence-corrected chi connectivity index (χ1v) is 11.4. The molecule has 3 aromatic rings. The molecule has 5 rings (SSSR count). The van der Waals surface area contributed by atoms with Gasteiger partial charge in [0.25, 0.3) is 0 Å². The Bertz CT molecular complexity index is 1240. The summed E-state index contributed by atoms with van der Waals surface area (Å²) in [5.74, 6) is 0.346. The number of nitrogens with zero attached hydrogens (tertiary/aromatic N) is 3. The standard InChI is InChI=1S/C25H27N5O3/c1-2-33-25(32)16-6-8-17(9-7-16)30-15-21(31)22(23(30)26)24-27-19-11-10-18(14-20(19)28-24)29-12-4-3-5-13-29/h6-11,14,26,31H,2-5,12-13,15H2,1H3,(H,27,28). The van der Waals surface area contributed by atoms with Crippen LogP contribution in [0, 0.1) is 5.41 Å². The van der Waals surface area contributed by atoms with Crippen molar-refractivity contribution in [1.82, 2.24) is 9.97 Å². The van der Waals surface area contributed by atoms with Crippen molar-refractivity contribution in [2.45, 2.75) is 26.2 Å². The Morgan fingerprint density at radius 3 is 2.58 bits per heavy atom. The van der Waals surface area contributed by atoms with Gasteiger partial charge in [-0.25, -0.2) is 9.78 Å². The van der Waals surface area contributed by atoms with Crippen molar-refractivity contribution < 1.29 is 14.6 Å². The summed E-state index contributed by atoms with van der Waals surface area (Å²) in [7, 11) is 0. The molecule has 8 heteroatoms. The van der Waals surface area contributed by atoms with Gasteiger partial charge in [-0.3, -0.25) is 5.41 Å². The van der Waals surface area contributed by atoms with Gasteiger partial charge in [0.15, 0.2) is 0 Å². The lowest BCUT2D eigenvalue weighted by Gasteiger charge is -2.28. The van der Waals surface area contributed by atoms with Crippen molar-refractivity contribution in [1.29, 1.82) is 5.41 Å². The minimum absolute atomic E-state index is 0.0878. The minimum Gasteiger partial charge on any atom is -0.509 e. The number of anilines is 2. The fourth-order valence-electron chi connectivity index (χ4n) is 4.51. The third-order valence-electron chi connectivity index (χ3n) is 6.22. The number of esters is 1. The topological polar surface area (TPSA) is 106 Å². The van der Waals surface area contributed by atoms with Gasteiger partial charge in [0.2, 0.25) is 0 Å². The van der Waals surface area contributed by atoms with Crippen LogP contribution in [-0.4, -0.2) is 53.1 Å². The Hall–Kier alpha value is -3.81. The number of hydrogen-bond acceptors (Lipinski definition) is 6. The van der Waals surface area contributed by atoms with Gasteiger partial charge in [0.1, 0.15) is 17.4 Å². The average molecular weight is 446 g/mol. The largest absolute Gasteiger partial charge is 0.509 e. The summed E-state index contributed by atoms with van der Waals surface area (Å²) in [6.07, 6.45) is 3.70. The Kier molecular flexibility index (Phi) is 5.50. The summed E-state index contributed by atoms with van der Waals surface area (Å²) in [6, 6.07) is 13.0. The number of aromatic amines is 1. The average Bonchev–Trinajstić information content (AvgIpc) is 3.38. The van der Waals surface area contributed by atoms with Gasteiger partial charge < -0.3 is 24.6 Å². The number of imidazole rings is 1. The number of carbonyl (C=O) groups is 1. The maximum absolute atomic E-state index is 11.9. The van der Waals surface area contributed by atoms with Crippen LogP contribution in [0.4, 0.5) is 11.4 Å². The van der Waals surface area contributed by atoms with Crippen molar-refractivity contribution in [2.24, 2.45) is 0 Å². The Morgan fingerprint density at radius 1 is 1.12 bits per heavy atom. The first-order valence-electron chi connectivity index (χ1n) is 11.4. The van der Waals surface area contributed by atoms with Gasteiger partial charge in [-0.05, 0) is 68.7 Å². The number of benzene rings is 2. The Labute approximate surface area is 192 Å². The van der Waals surface area contributed by atoms with E-state index in [0.717, 1.165) is 24.1 Å². The van der Waals surface area contributed by atoms with E-state index < -0.39 is 0 Å². The van der Waals surface area contributed by atoms with E-state index in [4.69, 9.17) is 10.1 Å². The second kappa shape index (κ2) is 8.61. The molecule has 33 heavy (non-hydrogen) atoms. The highest BCUT2D eigenvalue weighted by molar-refractivity contribution is 6.30. The van der Waals surface area contributed by atoms with Crippen LogP contribution in [0.2, 0.25) is 0 Å². The highest BCUT2D eigenvalue weighted by Crippen LogP contribution is 2.32. The molecule has 0 saturated carbocycles. The predicted molar refractivity (Wildman–Crippen MR) is 129 cm³/mol. The number of aromatic nitrogens is 2. The van der Waals surface area contributed by atoms with Gasteiger partial charge in [0, 0.05) is 24.5 Å². The number of piperidine rings is 1. The highest BCUT2D eigenvalue weighted by atomic mass is 16.5. The Morgan fingerprint density at radius 2 is 1.85 bits per heavy atom. The number of ether oxygens (including phenoxy) is 1. The first-order chi connectivity index (χ1) is 16.0. The van der Waals surface area contributed by atoms with Crippen molar-refractivity contribution in [3.63, 3.8) is 0 Å². The molecule has 2 aliphatic heterocycles. The zero-order valence-electron chi connectivity index (χ0n) is 18.6. The number of fused-ring (bicyclic) bond motifs is 1. The third-order valence-corrected chi connectivity index (χ3v) is 6.22. The molecule has 0 aliphatic carbocycles. The number of aliphatic hydroxyl groups excluding tert-OH is 1. The number of hydrogen-bond donors (Lipinski definition) is 3. The molecule has 2 aromatic carbocycles. The number of rotatable bonds is 5. The zero-order valence-corrected chi connectivity index (χ0v) is 18.6. The summed E-state index contributed by atoms with van der Waals surface area (Å²) < 4.78 is 5.02. The Balaban J connectivity index is 1.38. The molecule has 0 spiro atoms. The SMILES string of the molecule is CCOC(=O)c1ccc(N2CC(O)=C(c3nc4ccc(N5CCCCC5)cc4[nH]3)C2=N)cc1. The fourth-order valence-corrected chi connectivity index (χ4v) is 4.51. The lowest BCUT2D eigenvalue weighted by atomic mass is 10.1. The molecule has 0 radical (unpaired) electrons. The van der Waals surface area contributed by atoms with Crippen molar-refractivity contribution in [2.75, 3.05) is 36.0 Å². The third kappa shape index (κ3) is 3.92. The molecule has 170 valence electrons. The summed E-state index contributed by atoms with van der Waals surface area (Å²) in [6.45, 7) is 4.37. The van der Waals surface area contributed by atoms with E-state index in [1.807, 2.05) is 6.07 Å². The normalized spacial score (nSPS) is 16.7. The van der Waals surface area contributed by atoms with Crippen LogP contribution in [0.1, 0.15) is 42.4 Å². The molecule has 3 heterocycles. The molecule has 0 atom stereocenters. The van der Waals surface area contributed by atoms with Crippen LogP contribution in [0.5, 0.6) is 0 Å². The van der Waals surface area contributed by atoms with E-state index in [9.17, 15) is 9.90 Å². The number of amidine groups is 1. The van der Waals surface area contributed by atoms with Crippen molar-refractivity contribution in [3.8, 4) is 0 Å². The number of nitrogens with one attached hydrogen (secondary N) is 2. The van der Waals surface area contributed by atoms with E-state index in [0.29, 0.717) is 29.3 Å². The van der Waals surface area contributed by atoms with E-state index >= 15 is 0 Å². The van der Waals surface area contributed by atoms with E-state index in [2.05, 4.69) is 27.0 Å². The number of aliphatic hydroxyl groups is 1. The van der Waals surface area contributed by atoms with Gasteiger partial charge in [-0.1, -0.05) is 0 Å². The maximum atomic E-state index is 11.9. The maximum Gasteiger partial charge on any atom is 0.338 e. The quantitative estimate of drug-likeness (QED) is 0.500. The molecule has 8 nitrogen and oxygen atoms in total. The second-order valence-corrected chi connectivity index (χ2v) is 8.36. The van der Waals surface area contributed by atoms with E-state index in [1.165, 1.54) is 24.9 Å². The molecule has 1 fully saturated rings. The molecule has 0 bridgehead atoms. The van der Waals surface area contributed by atoms with Crippen molar-refractivity contribution >= 4 is 39.8 Å². The molecule has 0 amide bonds. The molecule has 1 aromatic heterocycles. The lowest BCUT2D eigenvalue weighted by Crippen LogP contribution is -2.29. The monoisotopic (exact) mass is 445 g/mol. The smallest absolute Gasteiger partial charge is 0.338 e.